The lowest BCUT2D eigenvalue weighted by Gasteiger charge is -2.30. The Morgan fingerprint density at radius 2 is 1.22 bits per heavy atom. The van der Waals surface area contributed by atoms with Gasteiger partial charge in [-0.15, -0.1) is 0 Å². The van der Waals surface area contributed by atoms with Crippen LogP contribution in [0, 0.1) is 0 Å². The van der Waals surface area contributed by atoms with Crippen molar-refractivity contribution in [3.8, 4) is 0 Å². The van der Waals surface area contributed by atoms with E-state index in [1.54, 1.807) is 11.0 Å². The highest BCUT2D eigenvalue weighted by molar-refractivity contribution is 5.89. The molecule has 0 unspecified atom stereocenters. The van der Waals surface area contributed by atoms with E-state index >= 15 is 0 Å². The minimum atomic E-state index is -0.637. The maximum absolute atomic E-state index is 13.1. The van der Waals surface area contributed by atoms with Crippen LogP contribution in [0.2, 0.25) is 0 Å². The molecule has 0 aliphatic rings. The van der Waals surface area contributed by atoms with Crippen LogP contribution in [-0.2, 0) is 42.2 Å². The molecule has 0 aliphatic heterocycles. The Labute approximate surface area is 291 Å². The van der Waals surface area contributed by atoms with Crippen molar-refractivity contribution in [2.24, 2.45) is 0 Å². The zero-order valence-corrected chi connectivity index (χ0v) is 29.3. The van der Waals surface area contributed by atoms with Crippen molar-refractivity contribution < 1.29 is 24.2 Å². The van der Waals surface area contributed by atoms with E-state index in [4.69, 9.17) is 14.5 Å². The molecule has 1 N–H and O–H groups in total. The Hall–Kier alpha value is -4.57. The van der Waals surface area contributed by atoms with Crippen molar-refractivity contribution in [2.45, 2.75) is 65.5 Å². The molecular formula is C40H50N4O5. The SMILES string of the molecule is COC(=O)c1cccc(CN(CCN(CCCO)C(=O)OC(C)(C)C)Cc2cccc(CN(Cc3ccccc3)Cc3ccccc3)n2)c1. The first-order valence-corrected chi connectivity index (χ1v) is 16.9. The number of carbonyl (C=O) groups excluding carboxylic acids is 2. The monoisotopic (exact) mass is 666 g/mol. The number of rotatable bonds is 17. The molecule has 0 fully saturated rings. The molecule has 49 heavy (non-hydrogen) atoms. The molecule has 0 saturated heterocycles. The average Bonchev–Trinajstić information content (AvgIpc) is 3.08. The van der Waals surface area contributed by atoms with Gasteiger partial charge in [0.2, 0.25) is 0 Å². The molecule has 9 heteroatoms. The van der Waals surface area contributed by atoms with Crippen molar-refractivity contribution in [3.63, 3.8) is 0 Å². The van der Waals surface area contributed by atoms with E-state index in [2.05, 4.69) is 64.4 Å². The van der Waals surface area contributed by atoms with Crippen molar-refractivity contribution in [3.05, 3.63) is 137 Å². The predicted molar refractivity (Wildman–Crippen MR) is 191 cm³/mol. The van der Waals surface area contributed by atoms with Crippen molar-refractivity contribution in [2.75, 3.05) is 33.4 Å². The topological polar surface area (TPSA) is 95.4 Å². The lowest BCUT2D eigenvalue weighted by molar-refractivity contribution is 0.0218. The highest BCUT2D eigenvalue weighted by Gasteiger charge is 2.23. The largest absolute Gasteiger partial charge is 0.465 e. The molecule has 4 rings (SSSR count). The van der Waals surface area contributed by atoms with Gasteiger partial charge in [0.05, 0.1) is 24.1 Å². The Kier molecular flexibility index (Phi) is 14.3. The minimum Gasteiger partial charge on any atom is -0.465 e. The van der Waals surface area contributed by atoms with Crippen LogP contribution in [0.25, 0.3) is 0 Å². The smallest absolute Gasteiger partial charge is 0.410 e. The molecule has 0 aliphatic carbocycles. The van der Waals surface area contributed by atoms with Gasteiger partial charge in [-0.25, -0.2) is 9.59 Å². The average molecular weight is 667 g/mol. The lowest BCUT2D eigenvalue weighted by atomic mass is 10.1. The van der Waals surface area contributed by atoms with Gasteiger partial charge < -0.3 is 19.5 Å². The molecule has 0 saturated carbocycles. The van der Waals surface area contributed by atoms with E-state index in [9.17, 15) is 14.7 Å². The van der Waals surface area contributed by atoms with Gasteiger partial charge in [0.15, 0.2) is 0 Å². The van der Waals surface area contributed by atoms with Crippen LogP contribution in [0.15, 0.2) is 103 Å². The summed E-state index contributed by atoms with van der Waals surface area (Å²) in [6.07, 6.45) is 0.0394. The summed E-state index contributed by atoms with van der Waals surface area (Å²) < 4.78 is 10.6. The Balaban J connectivity index is 1.55. The Morgan fingerprint density at radius 1 is 0.673 bits per heavy atom. The van der Waals surface area contributed by atoms with Crippen molar-refractivity contribution in [1.29, 1.82) is 0 Å². The summed E-state index contributed by atoms with van der Waals surface area (Å²) in [5, 5.41) is 9.50. The summed E-state index contributed by atoms with van der Waals surface area (Å²) in [7, 11) is 1.37. The van der Waals surface area contributed by atoms with E-state index in [1.807, 2.05) is 63.2 Å². The third-order valence-corrected chi connectivity index (χ3v) is 7.81. The highest BCUT2D eigenvalue weighted by Crippen LogP contribution is 2.17. The number of pyridine rings is 1. The molecular weight excluding hydrogens is 616 g/mol. The molecule has 0 bridgehead atoms. The second-order valence-electron chi connectivity index (χ2n) is 13.2. The van der Waals surface area contributed by atoms with Crippen LogP contribution in [0.1, 0.15) is 65.6 Å². The van der Waals surface area contributed by atoms with Crippen LogP contribution < -0.4 is 0 Å². The third kappa shape index (κ3) is 13.1. The molecule has 1 amide bonds. The van der Waals surface area contributed by atoms with Gasteiger partial charge >= 0.3 is 12.1 Å². The molecule has 0 spiro atoms. The molecule has 1 heterocycles. The Bertz CT molecular complexity index is 1550. The number of hydrogen-bond acceptors (Lipinski definition) is 8. The number of hydrogen-bond donors (Lipinski definition) is 1. The van der Waals surface area contributed by atoms with Gasteiger partial charge in [0.1, 0.15) is 5.60 Å². The first kappa shape index (κ1) is 37.3. The van der Waals surface area contributed by atoms with Gasteiger partial charge in [-0.3, -0.25) is 14.8 Å². The number of aromatic nitrogens is 1. The number of amides is 1. The van der Waals surface area contributed by atoms with Crippen molar-refractivity contribution >= 4 is 12.1 Å². The van der Waals surface area contributed by atoms with Gasteiger partial charge in [-0.2, -0.15) is 0 Å². The summed E-state index contributed by atoms with van der Waals surface area (Å²) >= 11 is 0. The fraction of sp³-hybridized carbons (Fsp3) is 0.375. The first-order valence-electron chi connectivity index (χ1n) is 16.9. The molecule has 9 nitrogen and oxygen atoms in total. The van der Waals surface area contributed by atoms with Gasteiger partial charge in [0.25, 0.3) is 0 Å². The van der Waals surface area contributed by atoms with E-state index in [-0.39, 0.29) is 6.61 Å². The number of aliphatic hydroxyl groups excluding tert-OH is 1. The van der Waals surface area contributed by atoms with E-state index in [1.165, 1.54) is 18.2 Å². The zero-order valence-electron chi connectivity index (χ0n) is 29.3. The van der Waals surface area contributed by atoms with Crippen LogP contribution in [-0.4, -0.2) is 75.8 Å². The number of benzene rings is 3. The third-order valence-electron chi connectivity index (χ3n) is 7.81. The summed E-state index contributed by atoms with van der Waals surface area (Å²) in [5.74, 6) is -0.390. The molecule has 4 aromatic rings. The molecule has 1 aromatic heterocycles. The molecule has 0 atom stereocenters. The number of carbonyl (C=O) groups is 2. The summed E-state index contributed by atoms with van der Waals surface area (Å²) in [6, 6.07) is 34.5. The van der Waals surface area contributed by atoms with Crippen LogP contribution in [0.3, 0.4) is 0 Å². The fourth-order valence-electron chi connectivity index (χ4n) is 5.55. The van der Waals surface area contributed by atoms with Gasteiger partial charge in [-0.1, -0.05) is 78.9 Å². The summed E-state index contributed by atoms with van der Waals surface area (Å²) in [6.45, 7) is 10.1. The highest BCUT2D eigenvalue weighted by atomic mass is 16.6. The lowest BCUT2D eigenvalue weighted by Crippen LogP contribution is -2.42. The first-order chi connectivity index (χ1) is 23.6. The maximum atomic E-state index is 13.1. The quantitative estimate of drug-likeness (QED) is 0.125. The second kappa shape index (κ2) is 18.8. The normalized spacial score (nSPS) is 11.5. The fourth-order valence-corrected chi connectivity index (χ4v) is 5.55. The number of ether oxygens (including phenoxy) is 2. The van der Waals surface area contributed by atoms with E-state index in [0.717, 1.165) is 30.0 Å². The number of aliphatic hydroxyl groups is 1. The molecule has 260 valence electrons. The zero-order chi connectivity index (χ0) is 35.1. The van der Waals surface area contributed by atoms with Gasteiger partial charge in [0, 0.05) is 59.0 Å². The Morgan fingerprint density at radius 3 is 1.80 bits per heavy atom. The number of nitrogens with zero attached hydrogens (tertiary/aromatic N) is 4. The van der Waals surface area contributed by atoms with Crippen LogP contribution in [0.4, 0.5) is 4.79 Å². The van der Waals surface area contributed by atoms with Crippen molar-refractivity contribution in [1.82, 2.24) is 19.7 Å². The number of esters is 1. The second-order valence-corrected chi connectivity index (χ2v) is 13.2. The maximum Gasteiger partial charge on any atom is 0.410 e. The molecule has 3 aromatic carbocycles. The number of methoxy groups -OCH3 is 1. The van der Waals surface area contributed by atoms with E-state index < -0.39 is 17.7 Å². The minimum absolute atomic E-state index is 0.0222. The van der Waals surface area contributed by atoms with Gasteiger partial charge in [-0.05, 0) is 68.1 Å². The molecule has 0 radical (unpaired) electrons. The standard InChI is InChI=1S/C40H50N4O5/c1-40(2,3)49-39(47)44(22-13-25-45)24-23-42(29-34-18-11-19-35(26-34)38(46)48-4)30-36-20-12-21-37(41-36)31-43(27-32-14-7-5-8-15-32)28-33-16-9-6-10-17-33/h5-12,14-21,26,45H,13,22-25,27-31H2,1-4H3. The predicted octanol–water partition coefficient (Wildman–Crippen LogP) is 6.69. The van der Waals surface area contributed by atoms with E-state index in [0.29, 0.717) is 51.3 Å². The summed E-state index contributed by atoms with van der Waals surface area (Å²) in [4.78, 5) is 36.7. The van der Waals surface area contributed by atoms with Crippen LogP contribution >= 0.6 is 0 Å². The summed E-state index contributed by atoms with van der Waals surface area (Å²) in [5.41, 5.74) is 5.14. The van der Waals surface area contributed by atoms with Crippen LogP contribution in [0.5, 0.6) is 0 Å².